The average molecular weight is 1330 g/mol. The van der Waals surface area contributed by atoms with Crippen LogP contribution in [0.1, 0.15) is 26.3 Å². The number of nitrogens with zero attached hydrogens (tertiary/aromatic N) is 6. The summed E-state index contributed by atoms with van der Waals surface area (Å²) < 4.78 is 19.2. The van der Waals surface area contributed by atoms with Gasteiger partial charge in [-0.25, -0.2) is 4.98 Å². The van der Waals surface area contributed by atoms with Crippen molar-refractivity contribution in [3.63, 3.8) is 0 Å². The van der Waals surface area contributed by atoms with Crippen molar-refractivity contribution in [3.8, 4) is 5.82 Å². The second-order valence-electron chi connectivity index (χ2n) is 24.7. The van der Waals surface area contributed by atoms with Crippen molar-refractivity contribution < 1.29 is 29.9 Å². The normalized spacial score (nSPS) is 12.3. The van der Waals surface area contributed by atoms with Crippen LogP contribution in [-0.4, -0.2) is 22.8 Å². The van der Waals surface area contributed by atoms with Crippen molar-refractivity contribution >= 4 is 164 Å². The summed E-state index contributed by atoms with van der Waals surface area (Å²) in [5.74, 6) is 0.813. The molecular weight excluding hydrogens is 1280 g/mol. The molecule has 8 bridgehead atoms. The summed E-state index contributed by atoms with van der Waals surface area (Å²) in [6.45, 7) is 6.74. The topological polar surface area (TPSA) is 48.3 Å². The van der Waals surface area contributed by atoms with E-state index in [2.05, 4.69) is 310 Å². The predicted molar refractivity (Wildman–Crippen MR) is 369 cm³/mol. The molecule has 0 N–H and O–H groups in total. The second kappa shape index (κ2) is 19.6. The van der Waals surface area contributed by atoms with E-state index >= 15 is 0 Å². The summed E-state index contributed by atoms with van der Waals surface area (Å²) in [7, 11) is 0. The number of hydrogen-bond donors (Lipinski definition) is 0. The van der Waals surface area contributed by atoms with E-state index in [1.54, 1.807) is 0 Å². The molecule has 428 valence electrons. The molecule has 0 aliphatic heterocycles. The van der Waals surface area contributed by atoms with Gasteiger partial charge in [-0.15, -0.1) is 24.3 Å². The summed E-state index contributed by atoms with van der Waals surface area (Å²) in [5, 5.41) is 17.9. The Morgan fingerprint density at radius 2 is 0.956 bits per heavy atom. The molecule has 7 nitrogen and oxygen atoms in total. The molecule has 0 spiro atoms. The Morgan fingerprint density at radius 1 is 0.400 bits per heavy atom. The van der Waals surface area contributed by atoms with Crippen LogP contribution >= 0.6 is 0 Å². The zero-order valence-corrected chi connectivity index (χ0v) is 51.5. The Kier molecular flexibility index (Phi) is 11.4. The first-order valence-electron chi connectivity index (χ1n) is 30.4. The van der Waals surface area contributed by atoms with Gasteiger partial charge in [-0.05, 0) is 124 Å². The van der Waals surface area contributed by atoms with Crippen molar-refractivity contribution in [3.05, 3.63) is 285 Å². The number of fused-ring (bicyclic) bond motifs is 27. The van der Waals surface area contributed by atoms with Crippen LogP contribution in [0.4, 0.5) is 0 Å². The Bertz CT molecular complexity index is 6550. The molecule has 0 amide bonds. The third-order valence-corrected chi connectivity index (χ3v) is 18.7. The first-order valence-corrected chi connectivity index (χ1v) is 30.4. The molecule has 8 heteroatoms. The molecule has 0 atom stereocenters. The van der Waals surface area contributed by atoms with Gasteiger partial charge in [0.05, 0.1) is 33.1 Å². The van der Waals surface area contributed by atoms with Gasteiger partial charge < -0.3 is 22.2 Å². The van der Waals surface area contributed by atoms with Crippen LogP contribution in [0.2, 0.25) is 0 Å². The van der Waals surface area contributed by atoms with Gasteiger partial charge in [0, 0.05) is 81.9 Å². The standard InChI is InChI=1S/C82H52N6O.Pt/c1-82(2,3)52-41-42-83-78(45-52)87-71-36-12-10-29-64(71)69-47-76-77(48-75(69)87)89-55-22-15-20-53(46-55)84-49-85-79-56(30-16-32-66(79)60-25-6-4-23-58(60)59-24-5-7-26-61(59)67-34-18-38-73(84)81(67)85)50-19-14-21-54(43-50)86-70-35-11-8-27-62(70)65-40-39-51(44-74(65)86)57-31-17-33-68-63-28-9-13-37-72(63)88(76)80(57)68;/h4-45,47H,1-3H3;/q-2;. The van der Waals surface area contributed by atoms with Gasteiger partial charge in [-0.1, -0.05) is 214 Å². The number of rotatable bonds is 1. The van der Waals surface area contributed by atoms with E-state index in [4.69, 9.17) is 9.40 Å². The molecule has 19 rings (SSSR count). The molecule has 0 unspecified atom stereocenters. The third kappa shape index (κ3) is 7.57. The number of benzene rings is 12. The zero-order chi connectivity index (χ0) is 58.8. The number of imidazole rings is 1. The fraction of sp³-hybridized carbons (Fsp3) is 0.0488. The Labute approximate surface area is 529 Å². The fourth-order valence-corrected chi connectivity index (χ4v) is 14.7. The summed E-state index contributed by atoms with van der Waals surface area (Å²) in [6, 6.07) is 101. The maximum Gasteiger partial charge on any atom is 0.268 e. The molecule has 90 heavy (non-hydrogen) atoms. The minimum absolute atomic E-state index is 0. The Morgan fingerprint density at radius 3 is 1.70 bits per heavy atom. The smallest absolute Gasteiger partial charge is 0.268 e. The van der Waals surface area contributed by atoms with Gasteiger partial charge in [0.2, 0.25) is 0 Å². The van der Waals surface area contributed by atoms with Crippen molar-refractivity contribution in [1.82, 2.24) is 22.8 Å². The van der Waals surface area contributed by atoms with Gasteiger partial charge in [-0.3, -0.25) is 4.40 Å². The van der Waals surface area contributed by atoms with Gasteiger partial charge in [-0.2, -0.15) is 12.1 Å². The van der Waals surface area contributed by atoms with Crippen molar-refractivity contribution in [2.75, 3.05) is 0 Å². The van der Waals surface area contributed by atoms with Crippen molar-refractivity contribution in [1.29, 1.82) is 0 Å². The molecule has 0 saturated carbocycles. The molecule has 0 radical (unpaired) electrons. The van der Waals surface area contributed by atoms with Gasteiger partial charge >= 0.3 is 0 Å². The second-order valence-corrected chi connectivity index (χ2v) is 24.7. The van der Waals surface area contributed by atoms with Crippen LogP contribution in [0.3, 0.4) is 0 Å². The number of para-hydroxylation sites is 6. The molecule has 19 aromatic rings. The maximum atomic E-state index is 7.57. The minimum atomic E-state index is -0.112. The van der Waals surface area contributed by atoms with Crippen LogP contribution in [0.15, 0.2) is 265 Å². The monoisotopic (exact) mass is 1330 g/mol. The van der Waals surface area contributed by atoms with E-state index in [1.165, 1.54) is 21.7 Å². The van der Waals surface area contributed by atoms with E-state index in [9.17, 15) is 0 Å². The largest absolute Gasteiger partial charge is 0.508 e. The molecule has 7 aromatic heterocycles. The van der Waals surface area contributed by atoms with E-state index in [0.29, 0.717) is 11.2 Å². The van der Waals surface area contributed by atoms with Crippen LogP contribution in [0.5, 0.6) is 0 Å². The molecule has 0 saturated heterocycles. The first-order chi connectivity index (χ1) is 43.8. The Balaban J connectivity index is 0.00000603. The zero-order valence-electron chi connectivity index (χ0n) is 49.2. The molecule has 0 fully saturated rings. The fourth-order valence-electron chi connectivity index (χ4n) is 14.7. The SMILES string of the molecule is CC(C)(C)c1ccnc(-n2c3[c-]c4oc5[c-]c(ccc5)n5[c-][n+]6c7c(cccc7c7ccccc7c7ccccc7c7cccc5c76)c5cccc(c5)n5c6ccccc6c6ccc(cc65)c5cccc6c7ccccc7n(c4cc3c3ccccc32)c56)c1.[Pt]. The van der Waals surface area contributed by atoms with Gasteiger partial charge in [0.15, 0.2) is 0 Å². The molecule has 12 aromatic carbocycles. The summed E-state index contributed by atoms with van der Waals surface area (Å²) in [5.41, 5.74) is 14.0. The Hall–Kier alpha value is -10.9. The number of hydrogen-bond acceptors (Lipinski definition) is 2. The maximum absolute atomic E-state index is 7.57. The van der Waals surface area contributed by atoms with Gasteiger partial charge in [0.1, 0.15) is 5.82 Å². The van der Waals surface area contributed by atoms with E-state index in [1.807, 2.05) is 12.3 Å². The van der Waals surface area contributed by atoms with Crippen molar-refractivity contribution in [2.24, 2.45) is 0 Å². The summed E-state index contributed by atoms with van der Waals surface area (Å²) in [4.78, 5) is 5.10. The van der Waals surface area contributed by atoms with Crippen LogP contribution in [0, 0.1) is 18.5 Å². The van der Waals surface area contributed by atoms with E-state index in [0.717, 1.165) is 142 Å². The predicted octanol–water partition coefficient (Wildman–Crippen LogP) is 20.5. The number of aromatic nitrogens is 6. The average Bonchev–Trinajstić information content (AvgIpc) is 1.58. The molecular formula is C82H52N6OPt-2. The van der Waals surface area contributed by atoms with E-state index in [-0.39, 0.29) is 26.5 Å². The minimum Gasteiger partial charge on any atom is -0.508 e. The van der Waals surface area contributed by atoms with Crippen LogP contribution in [0.25, 0.3) is 169 Å². The first kappa shape index (κ1) is 52.3. The molecule has 0 aliphatic rings. The molecule has 7 heterocycles. The van der Waals surface area contributed by atoms with Crippen molar-refractivity contribution in [2.45, 2.75) is 26.2 Å². The third-order valence-electron chi connectivity index (χ3n) is 18.7. The van der Waals surface area contributed by atoms with Gasteiger partial charge in [0.25, 0.3) is 6.33 Å². The summed E-state index contributed by atoms with van der Waals surface area (Å²) in [6.07, 6.45) is 5.96. The van der Waals surface area contributed by atoms with Crippen LogP contribution < -0.4 is 4.40 Å². The summed E-state index contributed by atoms with van der Waals surface area (Å²) >= 11 is 0. The quantitative estimate of drug-likeness (QED) is 0.121. The van der Waals surface area contributed by atoms with Crippen LogP contribution in [-0.2, 0) is 26.5 Å². The number of pyridine rings is 1. The van der Waals surface area contributed by atoms with E-state index < -0.39 is 0 Å². The molecule has 0 aliphatic carbocycles.